The summed E-state index contributed by atoms with van der Waals surface area (Å²) in [5, 5.41) is 13.3. The number of carbonyl (C=O) groups is 1. The van der Waals surface area contributed by atoms with Crippen molar-refractivity contribution in [3.63, 3.8) is 0 Å². The van der Waals surface area contributed by atoms with E-state index in [1.807, 2.05) is 23.1 Å². The number of nitrogens with one attached hydrogen (secondary N) is 1. The van der Waals surface area contributed by atoms with Crippen LogP contribution in [-0.4, -0.2) is 65.1 Å². The average Bonchev–Trinajstić information content (AvgIpc) is 3.11. The number of fused-ring (bicyclic) bond motifs is 1. The Hall–Kier alpha value is -2.79. The highest BCUT2D eigenvalue weighted by Crippen LogP contribution is 2.26. The molecule has 6 nitrogen and oxygen atoms in total. The number of pyridine rings is 1. The summed E-state index contributed by atoms with van der Waals surface area (Å²) >= 11 is 0. The van der Waals surface area contributed by atoms with Crippen molar-refractivity contribution in [2.24, 2.45) is 0 Å². The second kappa shape index (κ2) is 8.29. The molecule has 29 heavy (non-hydrogen) atoms. The standard InChI is InChI=1S/C21H23F2N5O/c22-14-10-16(11-24)28(12-14)20(29)13-27-8-5-15(6-9-27)26-19-4-7-25-21-17(19)2-1-3-18(21)23/h1-4,7,14-16H,5-6,8-10,12-13H2,(H,25,26)/t14-,16-/m0/s1. The van der Waals surface area contributed by atoms with Crippen molar-refractivity contribution in [3.05, 3.63) is 36.3 Å². The van der Waals surface area contributed by atoms with Gasteiger partial charge in [0, 0.05) is 42.8 Å². The van der Waals surface area contributed by atoms with Crippen LogP contribution in [0.15, 0.2) is 30.5 Å². The molecule has 2 aliphatic rings. The van der Waals surface area contributed by atoms with Crippen molar-refractivity contribution < 1.29 is 13.6 Å². The van der Waals surface area contributed by atoms with Crippen LogP contribution in [0.2, 0.25) is 0 Å². The highest BCUT2D eigenvalue weighted by molar-refractivity contribution is 5.91. The normalized spacial score (nSPS) is 23.3. The summed E-state index contributed by atoms with van der Waals surface area (Å²) in [4.78, 5) is 20.0. The Kier molecular flexibility index (Phi) is 5.58. The van der Waals surface area contributed by atoms with Gasteiger partial charge in [0.1, 0.15) is 23.5 Å². The number of nitrogens with zero attached hydrogens (tertiary/aromatic N) is 4. The van der Waals surface area contributed by atoms with Gasteiger partial charge in [0.2, 0.25) is 5.91 Å². The van der Waals surface area contributed by atoms with Crippen molar-refractivity contribution in [2.75, 3.05) is 31.5 Å². The molecule has 2 atom stereocenters. The van der Waals surface area contributed by atoms with E-state index in [-0.39, 0.29) is 37.3 Å². The van der Waals surface area contributed by atoms with Crippen molar-refractivity contribution in [1.82, 2.24) is 14.8 Å². The maximum absolute atomic E-state index is 13.9. The number of piperidine rings is 1. The Morgan fingerprint density at radius 1 is 1.31 bits per heavy atom. The van der Waals surface area contributed by atoms with Gasteiger partial charge in [-0.15, -0.1) is 0 Å². The van der Waals surface area contributed by atoms with Gasteiger partial charge in [0.05, 0.1) is 19.2 Å². The largest absolute Gasteiger partial charge is 0.382 e. The van der Waals surface area contributed by atoms with E-state index in [0.717, 1.165) is 37.0 Å². The van der Waals surface area contributed by atoms with Crippen molar-refractivity contribution >= 4 is 22.5 Å². The van der Waals surface area contributed by atoms with Crippen LogP contribution >= 0.6 is 0 Å². The fourth-order valence-corrected chi connectivity index (χ4v) is 4.19. The lowest BCUT2D eigenvalue weighted by atomic mass is 10.0. The smallest absolute Gasteiger partial charge is 0.237 e. The third kappa shape index (κ3) is 4.15. The van der Waals surface area contributed by atoms with Crippen molar-refractivity contribution in [2.45, 2.75) is 37.5 Å². The van der Waals surface area contributed by atoms with Crippen LogP contribution in [0, 0.1) is 17.1 Å². The molecule has 3 heterocycles. The highest BCUT2D eigenvalue weighted by atomic mass is 19.1. The Morgan fingerprint density at radius 2 is 2.10 bits per heavy atom. The maximum Gasteiger partial charge on any atom is 0.237 e. The quantitative estimate of drug-likeness (QED) is 0.856. The first-order valence-electron chi connectivity index (χ1n) is 9.90. The summed E-state index contributed by atoms with van der Waals surface area (Å²) in [7, 11) is 0. The SMILES string of the molecule is N#C[C@@H]1C[C@H](F)CN1C(=O)CN1CCC(Nc2ccnc3c(F)cccc23)CC1. The zero-order valence-corrected chi connectivity index (χ0v) is 16.0. The average molecular weight is 399 g/mol. The molecule has 2 aromatic rings. The van der Waals surface area contributed by atoms with Gasteiger partial charge in [-0.3, -0.25) is 14.7 Å². The number of amides is 1. The zero-order chi connectivity index (χ0) is 20.4. The Balaban J connectivity index is 1.33. The van der Waals surface area contributed by atoms with Gasteiger partial charge in [-0.25, -0.2) is 8.78 Å². The first kappa shape index (κ1) is 19.5. The molecule has 1 amide bonds. The van der Waals surface area contributed by atoms with E-state index < -0.39 is 12.2 Å². The van der Waals surface area contributed by atoms with Crippen LogP contribution in [0.1, 0.15) is 19.3 Å². The third-order valence-corrected chi connectivity index (χ3v) is 5.75. The summed E-state index contributed by atoms with van der Waals surface area (Å²) in [6, 6.07) is 8.35. The van der Waals surface area contributed by atoms with Crippen molar-refractivity contribution in [3.8, 4) is 6.07 Å². The van der Waals surface area contributed by atoms with Crippen LogP contribution in [0.4, 0.5) is 14.5 Å². The molecule has 1 N–H and O–H groups in total. The number of halogens is 2. The lowest BCUT2D eigenvalue weighted by Gasteiger charge is -2.33. The summed E-state index contributed by atoms with van der Waals surface area (Å²) in [5.74, 6) is -0.522. The minimum Gasteiger partial charge on any atom is -0.382 e. The van der Waals surface area contributed by atoms with E-state index in [0.29, 0.717) is 5.52 Å². The molecule has 0 spiro atoms. The van der Waals surface area contributed by atoms with Gasteiger partial charge < -0.3 is 10.2 Å². The predicted molar refractivity (Wildman–Crippen MR) is 105 cm³/mol. The number of rotatable bonds is 4. The minimum atomic E-state index is -1.11. The van der Waals surface area contributed by atoms with Gasteiger partial charge in [0.25, 0.3) is 0 Å². The van der Waals surface area contributed by atoms with Crippen LogP contribution < -0.4 is 5.32 Å². The Morgan fingerprint density at radius 3 is 2.86 bits per heavy atom. The fraction of sp³-hybridized carbons (Fsp3) is 0.476. The fourth-order valence-electron chi connectivity index (χ4n) is 4.19. The maximum atomic E-state index is 13.9. The molecule has 1 aromatic carbocycles. The van der Waals surface area contributed by atoms with E-state index >= 15 is 0 Å². The van der Waals surface area contributed by atoms with Gasteiger partial charge in [-0.05, 0) is 25.0 Å². The van der Waals surface area contributed by atoms with Crippen LogP contribution in [-0.2, 0) is 4.79 Å². The number of alkyl halides is 1. The predicted octanol–water partition coefficient (Wildman–Crippen LogP) is 2.71. The van der Waals surface area contributed by atoms with Gasteiger partial charge in [0.15, 0.2) is 0 Å². The number of hydrogen-bond acceptors (Lipinski definition) is 5. The summed E-state index contributed by atoms with van der Waals surface area (Å²) < 4.78 is 27.5. The minimum absolute atomic E-state index is 0.0146. The van der Waals surface area contributed by atoms with Crippen molar-refractivity contribution in [1.29, 1.82) is 5.26 Å². The molecule has 2 saturated heterocycles. The lowest BCUT2D eigenvalue weighted by molar-refractivity contribution is -0.132. The molecule has 1 aromatic heterocycles. The summed E-state index contributed by atoms with van der Waals surface area (Å²) in [5.41, 5.74) is 1.20. The second-order valence-electron chi connectivity index (χ2n) is 7.71. The number of likely N-dealkylation sites (tertiary alicyclic amines) is 2. The molecule has 152 valence electrons. The third-order valence-electron chi connectivity index (χ3n) is 5.75. The number of nitriles is 1. The number of benzene rings is 1. The van der Waals surface area contributed by atoms with Crippen LogP contribution in [0.3, 0.4) is 0 Å². The lowest BCUT2D eigenvalue weighted by Crippen LogP contribution is -2.46. The number of hydrogen-bond donors (Lipinski definition) is 1. The van der Waals surface area contributed by atoms with E-state index in [1.54, 1.807) is 12.3 Å². The molecular weight excluding hydrogens is 376 g/mol. The molecule has 0 radical (unpaired) electrons. The first-order chi connectivity index (χ1) is 14.0. The van der Waals surface area contributed by atoms with E-state index in [4.69, 9.17) is 5.26 Å². The molecule has 2 aliphatic heterocycles. The number of anilines is 1. The summed E-state index contributed by atoms with van der Waals surface area (Å²) in [6.45, 7) is 1.68. The number of para-hydroxylation sites is 1. The molecular formula is C21H23F2N5O. The van der Waals surface area contributed by atoms with E-state index in [9.17, 15) is 13.6 Å². The Labute approximate surface area is 168 Å². The van der Waals surface area contributed by atoms with E-state index in [2.05, 4.69) is 10.3 Å². The highest BCUT2D eigenvalue weighted by Gasteiger charge is 2.36. The molecule has 0 unspecified atom stereocenters. The zero-order valence-electron chi connectivity index (χ0n) is 16.0. The number of carbonyl (C=O) groups excluding carboxylic acids is 1. The molecule has 0 aliphatic carbocycles. The topological polar surface area (TPSA) is 72.3 Å². The van der Waals surface area contributed by atoms with Gasteiger partial charge in [-0.2, -0.15) is 5.26 Å². The molecule has 0 saturated carbocycles. The summed E-state index contributed by atoms with van der Waals surface area (Å²) in [6.07, 6.45) is 2.26. The van der Waals surface area contributed by atoms with Crippen LogP contribution in [0.5, 0.6) is 0 Å². The van der Waals surface area contributed by atoms with Crippen LogP contribution in [0.25, 0.3) is 10.9 Å². The first-order valence-corrected chi connectivity index (χ1v) is 9.90. The second-order valence-corrected chi connectivity index (χ2v) is 7.71. The van der Waals surface area contributed by atoms with Gasteiger partial charge in [-0.1, -0.05) is 12.1 Å². The molecule has 2 fully saturated rings. The van der Waals surface area contributed by atoms with E-state index in [1.165, 1.54) is 11.0 Å². The van der Waals surface area contributed by atoms with Gasteiger partial charge >= 0.3 is 0 Å². The Bertz CT molecular complexity index is 938. The molecule has 0 bridgehead atoms. The molecule has 4 rings (SSSR count). The number of aromatic nitrogens is 1. The molecule has 8 heteroatoms. The monoisotopic (exact) mass is 399 g/mol.